The van der Waals surface area contributed by atoms with Crippen LogP contribution in [0.5, 0.6) is 11.8 Å². The first-order valence-corrected chi connectivity index (χ1v) is 5.66. The molecule has 8 heteroatoms. The molecule has 106 valence electrons. The molecule has 0 aliphatic heterocycles. The Hall–Kier alpha value is -1.93. The minimum atomic E-state index is -0.258. The molecule has 0 atom stereocenters. The molecule has 0 bridgehead atoms. The second kappa shape index (κ2) is 8.22. The first-order valence-electron chi connectivity index (χ1n) is 5.66. The monoisotopic (exact) mass is 270 g/mol. The third-order valence-electron chi connectivity index (χ3n) is 2.12. The summed E-state index contributed by atoms with van der Waals surface area (Å²) < 4.78 is 14.8. The molecule has 1 aromatic heterocycles. The molecule has 0 aliphatic carbocycles. The molecule has 0 radical (unpaired) electrons. The van der Waals surface area contributed by atoms with Crippen LogP contribution in [0.1, 0.15) is 0 Å². The van der Waals surface area contributed by atoms with Crippen LogP contribution in [0, 0.1) is 0 Å². The van der Waals surface area contributed by atoms with Gasteiger partial charge in [0, 0.05) is 13.7 Å². The van der Waals surface area contributed by atoms with Crippen molar-refractivity contribution in [3.05, 3.63) is 6.07 Å². The van der Waals surface area contributed by atoms with Gasteiger partial charge in [0.1, 0.15) is 0 Å². The van der Waals surface area contributed by atoms with Gasteiger partial charge in [-0.1, -0.05) is 0 Å². The Bertz CT molecular complexity index is 391. The SMILES string of the molecule is COCCNCC(=O)Nc1nc(OC)cc(OC)n1. The van der Waals surface area contributed by atoms with Gasteiger partial charge in [-0.3, -0.25) is 10.1 Å². The molecule has 1 rings (SSSR count). The van der Waals surface area contributed by atoms with E-state index in [-0.39, 0.29) is 18.4 Å². The molecule has 0 saturated heterocycles. The van der Waals surface area contributed by atoms with Gasteiger partial charge in [-0.05, 0) is 0 Å². The lowest BCUT2D eigenvalue weighted by Crippen LogP contribution is -2.30. The number of carbonyl (C=O) groups is 1. The van der Waals surface area contributed by atoms with Crippen molar-refractivity contribution in [2.24, 2.45) is 0 Å². The lowest BCUT2D eigenvalue weighted by molar-refractivity contribution is -0.115. The summed E-state index contributed by atoms with van der Waals surface area (Å²) in [6, 6.07) is 1.52. The van der Waals surface area contributed by atoms with Crippen molar-refractivity contribution < 1.29 is 19.0 Å². The van der Waals surface area contributed by atoms with E-state index in [2.05, 4.69) is 20.6 Å². The lowest BCUT2D eigenvalue weighted by Gasteiger charge is -2.08. The normalized spacial score (nSPS) is 10.1. The highest BCUT2D eigenvalue weighted by atomic mass is 16.5. The zero-order chi connectivity index (χ0) is 14.1. The summed E-state index contributed by atoms with van der Waals surface area (Å²) >= 11 is 0. The van der Waals surface area contributed by atoms with Crippen molar-refractivity contribution in [3.63, 3.8) is 0 Å². The molecule has 2 N–H and O–H groups in total. The Labute approximate surface area is 111 Å². The fourth-order valence-electron chi connectivity index (χ4n) is 1.21. The van der Waals surface area contributed by atoms with E-state index in [1.807, 2.05) is 0 Å². The van der Waals surface area contributed by atoms with E-state index in [0.29, 0.717) is 24.9 Å². The van der Waals surface area contributed by atoms with E-state index < -0.39 is 0 Å². The third-order valence-corrected chi connectivity index (χ3v) is 2.12. The fourth-order valence-corrected chi connectivity index (χ4v) is 1.21. The van der Waals surface area contributed by atoms with Crippen LogP contribution in [0.15, 0.2) is 6.07 Å². The Balaban J connectivity index is 2.53. The van der Waals surface area contributed by atoms with Gasteiger partial charge in [0.25, 0.3) is 0 Å². The summed E-state index contributed by atoms with van der Waals surface area (Å²) in [5, 5.41) is 5.45. The molecule has 0 fully saturated rings. The zero-order valence-electron chi connectivity index (χ0n) is 11.2. The number of hydrogen-bond donors (Lipinski definition) is 2. The van der Waals surface area contributed by atoms with Crippen molar-refractivity contribution >= 4 is 11.9 Å². The predicted molar refractivity (Wildman–Crippen MR) is 68.5 cm³/mol. The number of aromatic nitrogens is 2. The van der Waals surface area contributed by atoms with Crippen LogP contribution in [0.4, 0.5) is 5.95 Å². The van der Waals surface area contributed by atoms with Crippen molar-refractivity contribution in [2.75, 3.05) is 46.3 Å². The molecule has 0 saturated carbocycles. The van der Waals surface area contributed by atoms with Gasteiger partial charge in [-0.15, -0.1) is 0 Å². The Morgan fingerprint density at radius 3 is 2.37 bits per heavy atom. The fraction of sp³-hybridized carbons (Fsp3) is 0.545. The van der Waals surface area contributed by atoms with Crippen LogP contribution in [-0.2, 0) is 9.53 Å². The molecule has 0 unspecified atom stereocenters. The predicted octanol–water partition coefficient (Wildman–Crippen LogP) is -0.332. The second-order valence-corrected chi connectivity index (χ2v) is 3.49. The highest BCUT2D eigenvalue weighted by Gasteiger charge is 2.08. The van der Waals surface area contributed by atoms with Crippen molar-refractivity contribution in [1.82, 2.24) is 15.3 Å². The van der Waals surface area contributed by atoms with E-state index in [9.17, 15) is 4.79 Å². The first kappa shape index (κ1) is 15.1. The second-order valence-electron chi connectivity index (χ2n) is 3.49. The van der Waals surface area contributed by atoms with E-state index in [4.69, 9.17) is 14.2 Å². The van der Waals surface area contributed by atoms with E-state index in [1.54, 1.807) is 7.11 Å². The molecule has 1 aromatic rings. The topological polar surface area (TPSA) is 94.6 Å². The van der Waals surface area contributed by atoms with Gasteiger partial charge in [0.05, 0.1) is 33.4 Å². The van der Waals surface area contributed by atoms with Crippen LogP contribution in [0.2, 0.25) is 0 Å². The Morgan fingerprint density at radius 2 is 1.84 bits per heavy atom. The maximum atomic E-state index is 11.6. The average Bonchev–Trinajstić information content (AvgIpc) is 2.43. The molecule has 19 heavy (non-hydrogen) atoms. The van der Waals surface area contributed by atoms with Crippen LogP contribution in [-0.4, -0.2) is 56.9 Å². The van der Waals surface area contributed by atoms with Crippen LogP contribution < -0.4 is 20.1 Å². The standard InChI is InChI=1S/C11H18N4O4/c1-17-5-4-12-7-8(16)13-11-14-9(18-2)6-10(15-11)19-3/h6,12H,4-5,7H2,1-3H3,(H,13,14,15,16). The molecule has 1 heterocycles. The molecule has 0 spiro atoms. The van der Waals surface area contributed by atoms with Gasteiger partial charge in [0.15, 0.2) is 0 Å². The van der Waals surface area contributed by atoms with Crippen LogP contribution in [0.3, 0.4) is 0 Å². The summed E-state index contributed by atoms with van der Waals surface area (Å²) in [4.78, 5) is 19.6. The largest absolute Gasteiger partial charge is 0.481 e. The van der Waals surface area contributed by atoms with Crippen molar-refractivity contribution in [2.45, 2.75) is 0 Å². The number of amides is 1. The average molecular weight is 270 g/mol. The number of ether oxygens (including phenoxy) is 3. The molecule has 0 aliphatic rings. The van der Waals surface area contributed by atoms with E-state index in [0.717, 1.165) is 0 Å². The van der Waals surface area contributed by atoms with Gasteiger partial charge in [-0.25, -0.2) is 0 Å². The molecular weight excluding hydrogens is 252 g/mol. The number of methoxy groups -OCH3 is 3. The number of carbonyl (C=O) groups excluding carboxylic acids is 1. The smallest absolute Gasteiger partial charge is 0.240 e. The number of nitrogens with zero attached hydrogens (tertiary/aromatic N) is 2. The first-order chi connectivity index (χ1) is 9.19. The van der Waals surface area contributed by atoms with Crippen molar-refractivity contribution in [3.8, 4) is 11.8 Å². The quantitative estimate of drug-likeness (QED) is 0.624. The Morgan fingerprint density at radius 1 is 1.21 bits per heavy atom. The molecule has 8 nitrogen and oxygen atoms in total. The summed E-state index contributed by atoms with van der Waals surface area (Å²) in [5.41, 5.74) is 0. The minimum absolute atomic E-state index is 0.134. The maximum absolute atomic E-state index is 11.6. The number of anilines is 1. The lowest BCUT2D eigenvalue weighted by atomic mass is 10.5. The number of rotatable bonds is 8. The Kier molecular flexibility index (Phi) is 6.55. The van der Waals surface area contributed by atoms with Crippen LogP contribution >= 0.6 is 0 Å². The molecule has 1 amide bonds. The highest BCUT2D eigenvalue weighted by Crippen LogP contribution is 2.16. The minimum Gasteiger partial charge on any atom is -0.481 e. The molecule has 0 aromatic carbocycles. The maximum Gasteiger partial charge on any atom is 0.240 e. The van der Waals surface area contributed by atoms with E-state index in [1.165, 1.54) is 20.3 Å². The van der Waals surface area contributed by atoms with Gasteiger partial charge >= 0.3 is 0 Å². The summed E-state index contributed by atoms with van der Waals surface area (Å²) in [6.45, 7) is 1.27. The van der Waals surface area contributed by atoms with Gasteiger partial charge in [-0.2, -0.15) is 9.97 Å². The number of hydrogen-bond acceptors (Lipinski definition) is 7. The van der Waals surface area contributed by atoms with Crippen LogP contribution in [0.25, 0.3) is 0 Å². The zero-order valence-corrected chi connectivity index (χ0v) is 11.2. The molecular formula is C11H18N4O4. The van der Waals surface area contributed by atoms with E-state index >= 15 is 0 Å². The van der Waals surface area contributed by atoms with Crippen molar-refractivity contribution in [1.29, 1.82) is 0 Å². The van der Waals surface area contributed by atoms with Gasteiger partial charge in [0.2, 0.25) is 23.6 Å². The highest BCUT2D eigenvalue weighted by molar-refractivity contribution is 5.90. The number of nitrogens with one attached hydrogen (secondary N) is 2. The third kappa shape index (κ3) is 5.49. The van der Waals surface area contributed by atoms with Gasteiger partial charge < -0.3 is 19.5 Å². The summed E-state index contributed by atoms with van der Waals surface area (Å²) in [5.74, 6) is 0.505. The summed E-state index contributed by atoms with van der Waals surface area (Å²) in [7, 11) is 4.54. The summed E-state index contributed by atoms with van der Waals surface area (Å²) in [6.07, 6.45) is 0.